The summed E-state index contributed by atoms with van der Waals surface area (Å²) in [6.07, 6.45) is 5.67. The second-order valence-electron chi connectivity index (χ2n) is 4.32. The number of hydrogen-bond acceptors (Lipinski definition) is 5. The standard InChI is InChI=1S/C15H15N3S2/c1-10-4-5-12(8-11(10)2)17-7-6-14-13(9-16)15(19-3)18-20-14/h4-8,17H,1-3H3/b7-6+. The van der Waals surface area contributed by atoms with E-state index in [1.54, 1.807) is 0 Å². The van der Waals surface area contributed by atoms with E-state index in [4.69, 9.17) is 5.26 Å². The number of hydrogen-bond donors (Lipinski definition) is 1. The van der Waals surface area contributed by atoms with Crippen molar-refractivity contribution >= 4 is 35.1 Å². The molecule has 0 atom stereocenters. The van der Waals surface area contributed by atoms with Crippen LogP contribution in [0, 0.1) is 25.2 Å². The van der Waals surface area contributed by atoms with Gasteiger partial charge in [0.15, 0.2) is 0 Å². The lowest BCUT2D eigenvalue weighted by Gasteiger charge is -2.04. The van der Waals surface area contributed by atoms with Gasteiger partial charge in [-0.15, -0.1) is 11.8 Å². The fraction of sp³-hybridized carbons (Fsp3) is 0.200. The number of benzene rings is 1. The van der Waals surface area contributed by atoms with E-state index in [1.165, 1.54) is 34.4 Å². The quantitative estimate of drug-likeness (QED) is 0.848. The molecule has 1 heterocycles. The molecule has 1 N–H and O–H groups in total. The summed E-state index contributed by atoms with van der Waals surface area (Å²) in [6.45, 7) is 4.18. The molecule has 0 bridgehead atoms. The zero-order chi connectivity index (χ0) is 14.5. The van der Waals surface area contributed by atoms with Crippen molar-refractivity contribution in [3.63, 3.8) is 0 Å². The van der Waals surface area contributed by atoms with E-state index in [0.717, 1.165) is 15.6 Å². The molecule has 1 aromatic heterocycles. The average molecular weight is 301 g/mol. The van der Waals surface area contributed by atoms with Crippen LogP contribution in [-0.2, 0) is 0 Å². The number of nitriles is 1. The normalized spacial score (nSPS) is 10.7. The third-order valence-corrected chi connectivity index (χ3v) is 4.59. The molecule has 2 aromatic rings. The minimum atomic E-state index is 0.653. The summed E-state index contributed by atoms with van der Waals surface area (Å²) in [6, 6.07) is 8.44. The molecular formula is C15H15N3S2. The Morgan fingerprint density at radius 3 is 2.80 bits per heavy atom. The Morgan fingerprint density at radius 1 is 1.35 bits per heavy atom. The maximum absolute atomic E-state index is 9.15. The Kier molecular flexibility index (Phi) is 4.83. The Labute approximate surface area is 127 Å². The molecule has 5 heteroatoms. The zero-order valence-corrected chi connectivity index (χ0v) is 13.2. The minimum absolute atomic E-state index is 0.653. The van der Waals surface area contributed by atoms with Crippen LogP contribution in [-0.4, -0.2) is 10.6 Å². The van der Waals surface area contributed by atoms with Crippen molar-refractivity contribution in [1.82, 2.24) is 4.37 Å². The van der Waals surface area contributed by atoms with E-state index in [-0.39, 0.29) is 0 Å². The van der Waals surface area contributed by atoms with Gasteiger partial charge in [0.2, 0.25) is 0 Å². The number of thioether (sulfide) groups is 1. The largest absolute Gasteiger partial charge is 0.362 e. The molecule has 0 saturated heterocycles. The Hall–Kier alpha value is -1.77. The molecular weight excluding hydrogens is 286 g/mol. The highest BCUT2D eigenvalue weighted by Crippen LogP contribution is 2.26. The maximum Gasteiger partial charge on any atom is 0.128 e. The van der Waals surface area contributed by atoms with Crippen molar-refractivity contribution in [3.8, 4) is 6.07 Å². The maximum atomic E-state index is 9.15. The predicted octanol–water partition coefficient (Wildman–Crippen LogP) is 4.44. The smallest absolute Gasteiger partial charge is 0.128 e. The van der Waals surface area contributed by atoms with Crippen LogP contribution in [0.4, 0.5) is 5.69 Å². The summed E-state index contributed by atoms with van der Waals surface area (Å²) in [4.78, 5) is 0.883. The lowest BCUT2D eigenvalue weighted by atomic mass is 10.1. The summed E-state index contributed by atoms with van der Waals surface area (Å²) >= 11 is 2.84. The number of nitrogens with one attached hydrogen (secondary N) is 1. The molecule has 0 aliphatic rings. The van der Waals surface area contributed by atoms with Crippen LogP contribution in [0.5, 0.6) is 0 Å². The van der Waals surface area contributed by atoms with E-state index in [0.29, 0.717) is 5.56 Å². The zero-order valence-electron chi connectivity index (χ0n) is 11.6. The molecule has 0 radical (unpaired) electrons. The summed E-state index contributed by atoms with van der Waals surface area (Å²) in [5.41, 5.74) is 4.22. The Bertz CT molecular complexity index is 681. The third-order valence-electron chi connectivity index (χ3n) is 2.98. The molecule has 0 fully saturated rings. The molecule has 1 aromatic carbocycles. The van der Waals surface area contributed by atoms with E-state index in [1.807, 2.05) is 24.6 Å². The van der Waals surface area contributed by atoms with Crippen LogP contribution in [0.25, 0.3) is 6.08 Å². The van der Waals surface area contributed by atoms with Gasteiger partial charge in [-0.25, -0.2) is 0 Å². The van der Waals surface area contributed by atoms with Gasteiger partial charge >= 0.3 is 0 Å². The van der Waals surface area contributed by atoms with Gasteiger partial charge < -0.3 is 5.32 Å². The van der Waals surface area contributed by atoms with Gasteiger partial charge in [0.05, 0.1) is 4.88 Å². The molecule has 0 amide bonds. The first-order valence-corrected chi connectivity index (χ1v) is 8.09. The molecule has 20 heavy (non-hydrogen) atoms. The van der Waals surface area contributed by atoms with Gasteiger partial charge in [-0.1, -0.05) is 6.07 Å². The monoisotopic (exact) mass is 301 g/mol. The molecule has 0 spiro atoms. The fourth-order valence-corrected chi connectivity index (χ4v) is 3.16. The van der Waals surface area contributed by atoms with Gasteiger partial charge in [0, 0.05) is 11.9 Å². The van der Waals surface area contributed by atoms with Crippen molar-refractivity contribution in [1.29, 1.82) is 5.26 Å². The van der Waals surface area contributed by atoms with Gasteiger partial charge in [-0.3, -0.25) is 0 Å². The van der Waals surface area contributed by atoms with Crippen molar-refractivity contribution < 1.29 is 0 Å². The third kappa shape index (κ3) is 3.21. The second kappa shape index (κ2) is 6.60. The number of nitrogens with zero attached hydrogens (tertiary/aromatic N) is 2. The SMILES string of the molecule is CSc1nsc(/C=C/Nc2ccc(C)c(C)c2)c1C#N. The Morgan fingerprint density at radius 2 is 2.15 bits per heavy atom. The highest BCUT2D eigenvalue weighted by Gasteiger charge is 2.09. The average Bonchev–Trinajstić information content (AvgIpc) is 2.85. The van der Waals surface area contributed by atoms with Crippen LogP contribution in [0.2, 0.25) is 0 Å². The van der Waals surface area contributed by atoms with Crippen molar-refractivity contribution in [2.24, 2.45) is 0 Å². The van der Waals surface area contributed by atoms with Crippen LogP contribution < -0.4 is 5.32 Å². The highest BCUT2D eigenvalue weighted by atomic mass is 32.2. The number of aromatic nitrogens is 1. The first-order chi connectivity index (χ1) is 9.65. The van der Waals surface area contributed by atoms with Crippen LogP contribution in [0.3, 0.4) is 0 Å². The van der Waals surface area contributed by atoms with Gasteiger partial charge in [0.1, 0.15) is 16.7 Å². The number of anilines is 1. The fourth-order valence-electron chi connectivity index (χ4n) is 1.69. The topological polar surface area (TPSA) is 48.7 Å². The molecule has 0 saturated carbocycles. The molecule has 3 nitrogen and oxygen atoms in total. The molecule has 0 unspecified atom stereocenters. The van der Waals surface area contributed by atoms with Crippen molar-refractivity contribution in [3.05, 3.63) is 46.0 Å². The highest BCUT2D eigenvalue weighted by molar-refractivity contribution is 7.98. The molecule has 2 rings (SSSR count). The lowest BCUT2D eigenvalue weighted by molar-refractivity contribution is 1.25. The lowest BCUT2D eigenvalue weighted by Crippen LogP contribution is -1.89. The molecule has 0 aliphatic heterocycles. The van der Waals surface area contributed by atoms with Crippen LogP contribution in [0.15, 0.2) is 29.4 Å². The first-order valence-electron chi connectivity index (χ1n) is 6.10. The van der Waals surface area contributed by atoms with E-state index >= 15 is 0 Å². The van der Waals surface area contributed by atoms with Crippen molar-refractivity contribution in [2.75, 3.05) is 11.6 Å². The summed E-state index contributed by atoms with van der Waals surface area (Å²) in [5, 5.41) is 13.2. The summed E-state index contributed by atoms with van der Waals surface area (Å²) in [5.74, 6) is 0. The van der Waals surface area contributed by atoms with Gasteiger partial charge in [-0.2, -0.15) is 9.64 Å². The Balaban J connectivity index is 2.12. The number of rotatable bonds is 4. The second-order valence-corrected chi connectivity index (χ2v) is 5.92. The van der Waals surface area contributed by atoms with E-state index in [9.17, 15) is 0 Å². The van der Waals surface area contributed by atoms with E-state index in [2.05, 4.69) is 41.7 Å². The van der Waals surface area contributed by atoms with Gasteiger partial charge in [0.25, 0.3) is 0 Å². The van der Waals surface area contributed by atoms with Crippen LogP contribution in [0.1, 0.15) is 21.6 Å². The summed E-state index contributed by atoms with van der Waals surface area (Å²) in [7, 11) is 0. The van der Waals surface area contributed by atoms with Crippen molar-refractivity contribution in [2.45, 2.75) is 18.9 Å². The number of aryl methyl sites for hydroxylation is 2. The predicted molar refractivity (Wildman–Crippen MR) is 87.2 cm³/mol. The molecule has 0 aliphatic carbocycles. The molecule has 102 valence electrons. The van der Waals surface area contributed by atoms with Gasteiger partial charge in [-0.05, 0) is 61.0 Å². The van der Waals surface area contributed by atoms with Crippen LogP contribution >= 0.6 is 23.3 Å². The van der Waals surface area contributed by atoms with E-state index < -0.39 is 0 Å². The minimum Gasteiger partial charge on any atom is -0.362 e. The summed E-state index contributed by atoms with van der Waals surface area (Å²) < 4.78 is 4.26. The first kappa shape index (κ1) is 14.6.